The first-order valence-corrected chi connectivity index (χ1v) is 6.09. The SMILES string of the molecule is COc1ccc(C(=O)Nc2ccc(OC)c(OC)c2)nn1. The van der Waals surface area contributed by atoms with Gasteiger partial charge in [0.2, 0.25) is 5.88 Å². The minimum Gasteiger partial charge on any atom is -0.493 e. The summed E-state index contributed by atoms with van der Waals surface area (Å²) >= 11 is 0. The molecule has 0 spiro atoms. The zero-order chi connectivity index (χ0) is 15.2. The van der Waals surface area contributed by atoms with E-state index in [0.29, 0.717) is 23.1 Å². The lowest BCUT2D eigenvalue weighted by atomic mass is 10.2. The van der Waals surface area contributed by atoms with Crippen LogP contribution in [-0.4, -0.2) is 37.4 Å². The number of ether oxygens (including phenoxy) is 3. The minimum atomic E-state index is -0.377. The van der Waals surface area contributed by atoms with Gasteiger partial charge in [-0.15, -0.1) is 10.2 Å². The maximum absolute atomic E-state index is 12.0. The molecule has 1 aromatic carbocycles. The van der Waals surface area contributed by atoms with Crippen LogP contribution in [0.4, 0.5) is 5.69 Å². The molecule has 0 atom stereocenters. The molecule has 7 nitrogen and oxygen atoms in total. The molecule has 21 heavy (non-hydrogen) atoms. The predicted molar refractivity (Wildman–Crippen MR) is 76.1 cm³/mol. The number of aromatic nitrogens is 2. The van der Waals surface area contributed by atoms with Crippen LogP contribution in [-0.2, 0) is 0 Å². The minimum absolute atomic E-state index is 0.186. The number of rotatable bonds is 5. The summed E-state index contributed by atoms with van der Waals surface area (Å²) in [4.78, 5) is 12.0. The molecule has 0 saturated heterocycles. The highest BCUT2D eigenvalue weighted by Gasteiger charge is 2.11. The van der Waals surface area contributed by atoms with Crippen molar-refractivity contribution in [2.45, 2.75) is 0 Å². The second-order valence-corrected chi connectivity index (χ2v) is 3.98. The zero-order valence-electron chi connectivity index (χ0n) is 11.9. The Hall–Kier alpha value is -2.83. The van der Waals surface area contributed by atoms with Crippen molar-refractivity contribution < 1.29 is 19.0 Å². The van der Waals surface area contributed by atoms with Gasteiger partial charge in [0.15, 0.2) is 17.2 Å². The average Bonchev–Trinajstić information content (AvgIpc) is 2.54. The predicted octanol–water partition coefficient (Wildman–Crippen LogP) is 1.75. The molecule has 0 saturated carbocycles. The number of hydrogen-bond acceptors (Lipinski definition) is 6. The van der Waals surface area contributed by atoms with Gasteiger partial charge in [-0.3, -0.25) is 4.79 Å². The van der Waals surface area contributed by atoms with Crippen LogP contribution in [0.25, 0.3) is 0 Å². The van der Waals surface area contributed by atoms with Gasteiger partial charge in [0.25, 0.3) is 5.91 Å². The van der Waals surface area contributed by atoms with Crippen LogP contribution in [0.1, 0.15) is 10.5 Å². The van der Waals surface area contributed by atoms with Crippen LogP contribution in [0.15, 0.2) is 30.3 Å². The van der Waals surface area contributed by atoms with Gasteiger partial charge in [0.05, 0.1) is 21.3 Å². The van der Waals surface area contributed by atoms with Crippen molar-refractivity contribution >= 4 is 11.6 Å². The molecule has 1 N–H and O–H groups in total. The smallest absolute Gasteiger partial charge is 0.276 e. The van der Waals surface area contributed by atoms with E-state index in [9.17, 15) is 4.79 Å². The molecule has 0 fully saturated rings. The van der Waals surface area contributed by atoms with Gasteiger partial charge in [0.1, 0.15) is 0 Å². The lowest BCUT2D eigenvalue weighted by molar-refractivity contribution is 0.102. The molecule has 110 valence electrons. The van der Waals surface area contributed by atoms with E-state index in [1.54, 1.807) is 31.4 Å². The number of anilines is 1. The van der Waals surface area contributed by atoms with Crippen LogP contribution in [0.5, 0.6) is 17.4 Å². The van der Waals surface area contributed by atoms with Crippen molar-refractivity contribution in [2.24, 2.45) is 0 Å². The number of carbonyl (C=O) groups is 1. The number of methoxy groups -OCH3 is 3. The van der Waals surface area contributed by atoms with E-state index in [2.05, 4.69) is 15.5 Å². The third-order valence-corrected chi connectivity index (χ3v) is 2.72. The van der Waals surface area contributed by atoms with Crippen molar-refractivity contribution in [1.29, 1.82) is 0 Å². The zero-order valence-corrected chi connectivity index (χ0v) is 11.9. The number of nitrogens with one attached hydrogen (secondary N) is 1. The Bertz CT molecular complexity index is 629. The van der Waals surface area contributed by atoms with Crippen molar-refractivity contribution in [2.75, 3.05) is 26.6 Å². The summed E-state index contributed by atoms with van der Waals surface area (Å²) in [6, 6.07) is 8.16. The fourth-order valence-corrected chi connectivity index (χ4v) is 1.66. The average molecular weight is 289 g/mol. The van der Waals surface area contributed by atoms with Gasteiger partial charge in [-0.25, -0.2) is 0 Å². The fraction of sp³-hybridized carbons (Fsp3) is 0.214. The molecule has 2 aromatic rings. The number of amides is 1. The molecular formula is C14H15N3O4. The van der Waals surface area contributed by atoms with E-state index in [-0.39, 0.29) is 11.6 Å². The van der Waals surface area contributed by atoms with Crippen LogP contribution < -0.4 is 19.5 Å². The molecule has 1 heterocycles. The Balaban J connectivity index is 2.14. The van der Waals surface area contributed by atoms with E-state index in [4.69, 9.17) is 14.2 Å². The van der Waals surface area contributed by atoms with E-state index in [0.717, 1.165) is 0 Å². The van der Waals surface area contributed by atoms with E-state index >= 15 is 0 Å². The Morgan fingerprint density at radius 2 is 1.71 bits per heavy atom. The third-order valence-electron chi connectivity index (χ3n) is 2.72. The summed E-state index contributed by atoms with van der Waals surface area (Å²) in [5.41, 5.74) is 0.751. The van der Waals surface area contributed by atoms with Crippen molar-refractivity contribution in [3.63, 3.8) is 0 Å². The highest BCUT2D eigenvalue weighted by molar-refractivity contribution is 6.02. The molecule has 0 aliphatic carbocycles. The van der Waals surface area contributed by atoms with Crippen molar-refractivity contribution in [1.82, 2.24) is 10.2 Å². The van der Waals surface area contributed by atoms with Crippen molar-refractivity contribution in [3.8, 4) is 17.4 Å². The fourth-order valence-electron chi connectivity index (χ4n) is 1.66. The van der Waals surface area contributed by atoms with Crippen LogP contribution >= 0.6 is 0 Å². The Morgan fingerprint density at radius 1 is 0.952 bits per heavy atom. The van der Waals surface area contributed by atoms with Gasteiger partial charge in [0, 0.05) is 17.8 Å². The van der Waals surface area contributed by atoms with Crippen LogP contribution in [0, 0.1) is 0 Å². The summed E-state index contributed by atoms with van der Waals surface area (Å²) in [7, 11) is 4.55. The highest BCUT2D eigenvalue weighted by Crippen LogP contribution is 2.29. The molecule has 2 rings (SSSR count). The van der Waals surface area contributed by atoms with Gasteiger partial charge < -0.3 is 19.5 Å². The van der Waals surface area contributed by atoms with E-state index in [1.807, 2.05) is 0 Å². The van der Waals surface area contributed by atoms with Crippen LogP contribution in [0.3, 0.4) is 0 Å². The number of nitrogens with zero attached hydrogens (tertiary/aromatic N) is 2. The molecular weight excluding hydrogens is 274 g/mol. The number of carbonyl (C=O) groups excluding carboxylic acids is 1. The highest BCUT2D eigenvalue weighted by atomic mass is 16.5. The molecule has 7 heteroatoms. The van der Waals surface area contributed by atoms with Crippen LogP contribution in [0.2, 0.25) is 0 Å². The first-order chi connectivity index (χ1) is 10.2. The van der Waals surface area contributed by atoms with Gasteiger partial charge in [-0.1, -0.05) is 0 Å². The lowest BCUT2D eigenvalue weighted by Crippen LogP contribution is -2.14. The topological polar surface area (TPSA) is 82.6 Å². The summed E-state index contributed by atoms with van der Waals surface area (Å²) in [5, 5.41) is 10.2. The monoisotopic (exact) mass is 289 g/mol. The van der Waals surface area contributed by atoms with E-state index < -0.39 is 0 Å². The molecule has 0 aliphatic heterocycles. The second kappa shape index (κ2) is 6.56. The number of benzene rings is 1. The summed E-state index contributed by atoms with van der Waals surface area (Å²) in [6.07, 6.45) is 0. The normalized spacial score (nSPS) is 9.86. The Morgan fingerprint density at radius 3 is 2.29 bits per heavy atom. The summed E-state index contributed by atoms with van der Waals surface area (Å²) in [6.45, 7) is 0. The molecule has 0 aliphatic rings. The Labute approximate surface area is 121 Å². The molecule has 0 radical (unpaired) electrons. The molecule has 0 unspecified atom stereocenters. The Kier molecular flexibility index (Phi) is 4.55. The first kappa shape index (κ1) is 14.6. The molecule has 1 amide bonds. The standard InChI is InChI=1S/C14H15N3O4/c1-19-11-6-4-9(8-12(11)20-2)15-14(18)10-5-7-13(21-3)17-16-10/h4-8H,1-3H3,(H,15,18). The molecule has 1 aromatic heterocycles. The maximum Gasteiger partial charge on any atom is 0.276 e. The van der Waals surface area contributed by atoms with Crippen molar-refractivity contribution in [3.05, 3.63) is 36.0 Å². The summed E-state index contributed by atoms with van der Waals surface area (Å²) < 4.78 is 15.2. The second-order valence-electron chi connectivity index (χ2n) is 3.98. The quantitative estimate of drug-likeness (QED) is 0.903. The van der Waals surface area contributed by atoms with Gasteiger partial charge >= 0.3 is 0 Å². The maximum atomic E-state index is 12.0. The van der Waals surface area contributed by atoms with Gasteiger partial charge in [-0.2, -0.15) is 0 Å². The number of hydrogen-bond donors (Lipinski definition) is 1. The lowest BCUT2D eigenvalue weighted by Gasteiger charge is -2.10. The molecule has 0 bridgehead atoms. The van der Waals surface area contributed by atoms with Gasteiger partial charge in [-0.05, 0) is 18.2 Å². The largest absolute Gasteiger partial charge is 0.493 e. The third kappa shape index (κ3) is 3.38. The first-order valence-electron chi connectivity index (χ1n) is 6.09. The van der Waals surface area contributed by atoms with E-state index in [1.165, 1.54) is 20.3 Å². The summed E-state index contributed by atoms with van der Waals surface area (Å²) in [5.74, 6) is 1.07.